The normalized spacial score (nSPS) is 16.9. The Morgan fingerprint density at radius 2 is 1.03 bits per heavy atom. The molecule has 9 aromatic rings. The largest absolute Gasteiger partial charge is 0.366 e. The van der Waals surface area contributed by atoms with Crippen LogP contribution in [-0.4, -0.2) is 4.98 Å². The molecule has 1 aliphatic carbocycles. The number of fused-ring (bicyclic) bond motifs is 10. The van der Waals surface area contributed by atoms with E-state index in [0.717, 1.165) is 22.2 Å². The van der Waals surface area contributed by atoms with Crippen LogP contribution in [0.4, 0.5) is 0 Å². The summed E-state index contributed by atoms with van der Waals surface area (Å²) in [5.41, 5.74) is 17.7. The molecule has 2 aliphatic heterocycles. The molecule has 0 saturated heterocycles. The molecule has 4 heteroatoms. The number of nitrogens with one attached hydrogen (secondary N) is 2. The van der Waals surface area contributed by atoms with Gasteiger partial charge in [0.2, 0.25) is 0 Å². The molecule has 0 saturated carbocycles. The van der Waals surface area contributed by atoms with Crippen molar-refractivity contribution in [2.45, 2.75) is 27.4 Å². The highest BCUT2D eigenvalue weighted by molar-refractivity contribution is 7.99. The van der Waals surface area contributed by atoms with Crippen LogP contribution in [0.2, 0.25) is 0 Å². The maximum atomic E-state index is 5.01. The minimum atomic E-state index is -0.539. The monoisotopic (exact) mass is 785 g/mol. The SMILES string of the molecule is C1=C(c2cccc3c2-c2c(-c4cccc5cccnc45)cccc2C32c3ccccc3Sc3ccccc32)NC(c2ccccc2)NC1c1cccc(-c2ccccc2)c1. The Labute approximate surface area is 354 Å². The molecule has 3 nitrogen and oxygen atoms in total. The standard InChI is InChI=1S/C56H39N3S/c1-3-16-36(17-4-1)39-21-11-22-40(34-39)48-35-49(59-55(58-48)38-18-5-2-6-19-38)43-26-14-30-47-53(43)52-41(42-25-12-20-37-23-15-33-57-54(37)42)24-13-29-46(52)56(47)44-27-7-9-31-50(44)60-51-32-10-8-28-45(51)56/h1-35,48,55,58-59H. The van der Waals surface area contributed by atoms with E-state index in [-0.39, 0.29) is 12.2 Å². The Bertz CT molecular complexity index is 3100. The summed E-state index contributed by atoms with van der Waals surface area (Å²) < 4.78 is 0. The molecule has 2 N–H and O–H groups in total. The highest BCUT2D eigenvalue weighted by Crippen LogP contribution is 2.64. The lowest BCUT2D eigenvalue weighted by Crippen LogP contribution is -2.39. The highest BCUT2D eigenvalue weighted by Gasteiger charge is 2.51. The van der Waals surface area contributed by atoms with Crippen LogP contribution >= 0.6 is 11.8 Å². The zero-order chi connectivity index (χ0) is 39.6. The molecule has 3 aliphatic rings. The van der Waals surface area contributed by atoms with E-state index >= 15 is 0 Å². The van der Waals surface area contributed by atoms with Gasteiger partial charge in [0, 0.05) is 38.2 Å². The molecule has 2 unspecified atom stereocenters. The fourth-order valence-corrected chi connectivity index (χ4v) is 11.3. The number of benzene rings is 8. The fraction of sp³-hybridized carbons (Fsp3) is 0.0536. The molecule has 1 spiro atoms. The topological polar surface area (TPSA) is 37.0 Å². The van der Waals surface area contributed by atoms with Gasteiger partial charge in [-0.3, -0.25) is 10.3 Å². The van der Waals surface area contributed by atoms with Crippen molar-refractivity contribution in [3.63, 3.8) is 0 Å². The first-order valence-electron chi connectivity index (χ1n) is 20.7. The third-order valence-electron chi connectivity index (χ3n) is 12.7. The number of aromatic nitrogens is 1. The third kappa shape index (κ3) is 5.38. The van der Waals surface area contributed by atoms with Crippen LogP contribution in [0.15, 0.2) is 222 Å². The number of para-hydroxylation sites is 1. The summed E-state index contributed by atoms with van der Waals surface area (Å²) in [6, 6.07) is 73.2. The molecule has 8 aromatic carbocycles. The van der Waals surface area contributed by atoms with Crippen molar-refractivity contribution in [3.8, 4) is 33.4 Å². The van der Waals surface area contributed by atoms with E-state index in [4.69, 9.17) is 4.98 Å². The number of hydrogen-bond donors (Lipinski definition) is 2. The number of rotatable bonds is 5. The van der Waals surface area contributed by atoms with Gasteiger partial charge in [0.1, 0.15) is 6.17 Å². The molecular formula is C56H39N3S. The molecule has 0 fully saturated rings. The maximum absolute atomic E-state index is 5.01. The van der Waals surface area contributed by atoms with Crippen molar-refractivity contribution in [1.82, 2.24) is 15.6 Å². The van der Waals surface area contributed by atoms with Crippen LogP contribution in [0.5, 0.6) is 0 Å². The van der Waals surface area contributed by atoms with Crippen LogP contribution in [0.25, 0.3) is 50.0 Å². The molecule has 60 heavy (non-hydrogen) atoms. The van der Waals surface area contributed by atoms with Crippen LogP contribution in [0, 0.1) is 0 Å². The summed E-state index contributed by atoms with van der Waals surface area (Å²) in [7, 11) is 0. The molecule has 3 heterocycles. The third-order valence-corrected chi connectivity index (χ3v) is 13.8. The average Bonchev–Trinajstić information content (AvgIpc) is 3.63. The zero-order valence-corrected chi connectivity index (χ0v) is 33.5. The number of pyridine rings is 1. The Morgan fingerprint density at radius 3 is 1.80 bits per heavy atom. The van der Waals surface area contributed by atoms with Gasteiger partial charge in [0.15, 0.2) is 0 Å². The van der Waals surface area contributed by atoms with Crippen LogP contribution in [0.3, 0.4) is 0 Å². The van der Waals surface area contributed by atoms with Crippen molar-refractivity contribution in [2.24, 2.45) is 0 Å². The van der Waals surface area contributed by atoms with Gasteiger partial charge in [-0.15, -0.1) is 0 Å². The summed E-state index contributed by atoms with van der Waals surface area (Å²) >= 11 is 1.88. The fourth-order valence-electron chi connectivity index (χ4n) is 10.1. The van der Waals surface area contributed by atoms with E-state index in [2.05, 4.69) is 211 Å². The van der Waals surface area contributed by atoms with Gasteiger partial charge in [-0.1, -0.05) is 188 Å². The number of hydrogen-bond acceptors (Lipinski definition) is 4. The lowest BCUT2D eigenvalue weighted by molar-refractivity contribution is 0.443. The molecule has 0 radical (unpaired) electrons. The van der Waals surface area contributed by atoms with E-state index in [9.17, 15) is 0 Å². The maximum Gasteiger partial charge on any atom is 0.104 e. The Morgan fingerprint density at radius 1 is 0.467 bits per heavy atom. The molecule has 0 amide bonds. The molecule has 12 rings (SSSR count). The first-order chi connectivity index (χ1) is 29.8. The predicted molar refractivity (Wildman–Crippen MR) is 247 cm³/mol. The Kier molecular flexibility index (Phi) is 8.22. The quantitative estimate of drug-likeness (QED) is 0.182. The van der Waals surface area contributed by atoms with E-state index in [0.29, 0.717) is 0 Å². The summed E-state index contributed by atoms with van der Waals surface area (Å²) in [6.07, 6.45) is 4.19. The number of nitrogens with zero attached hydrogens (tertiary/aromatic N) is 1. The average molecular weight is 786 g/mol. The molecule has 1 aromatic heterocycles. The minimum Gasteiger partial charge on any atom is -0.366 e. The summed E-state index contributed by atoms with van der Waals surface area (Å²) in [4.78, 5) is 7.59. The van der Waals surface area contributed by atoms with Crippen molar-refractivity contribution in [3.05, 3.63) is 251 Å². The van der Waals surface area contributed by atoms with Crippen LogP contribution in [0.1, 0.15) is 51.2 Å². The van der Waals surface area contributed by atoms with Gasteiger partial charge in [-0.2, -0.15) is 0 Å². The van der Waals surface area contributed by atoms with Crippen molar-refractivity contribution in [1.29, 1.82) is 0 Å². The first-order valence-corrected chi connectivity index (χ1v) is 21.5. The zero-order valence-electron chi connectivity index (χ0n) is 32.7. The van der Waals surface area contributed by atoms with E-state index in [1.807, 2.05) is 24.0 Å². The van der Waals surface area contributed by atoms with Crippen LogP contribution in [-0.2, 0) is 5.41 Å². The second-order valence-electron chi connectivity index (χ2n) is 15.9. The molecular weight excluding hydrogens is 747 g/mol. The van der Waals surface area contributed by atoms with Gasteiger partial charge in [0.25, 0.3) is 0 Å². The molecule has 0 bridgehead atoms. The Hall–Kier alpha value is -6.98. The van der Waals surface area contributed by atoms with Gasteiger partial charge in [-0.25, -0.2) is 0 Å². The minimum absolute atomic E-state index is 0.0640. The summed E-state index contributed by atoms with van der Waals surface area (Å²) in [5, 5.41) is 9.17. The lowest BCUT2D eigenvalue weighted by Gasteiger charge is -2.39. The second kappa shape index (κ2) is 14.1. The van der Waals surface area contributed by atoms with E-state index in [1.54, 1.807) is 0 Å². The summed E-state index contributed by atoms with van der Waals surface area (Å²) in [5.74, 6) is 0. The molecule has 2 atom stereocenters. The highest BCUT2D eigenvalue weighted by atomic mass is 32.2. The summed E-state index contributed by atoms with van der Waals surface area (Å²) in [6.45, 7) is 0. The van der Waals surface area contributed by atoms with Crippen molar-refractivity contribution in [2.75, 3.05) is 0 Å². The first kappa shape index (κ1) is 35.0. The van der Waals surface area contributed by atoms with E-state index in [1.165, 1.54) is 76.6 Å². The van der Waals surface area contributed by atoms with Crippen LogP contribution < -0.4 is 10.6 Å². The Balaban J connectivity index is 1.15. The lowest BCUT2D eigenvalue weighted by atomic mass is 9.67. The van der Waals surface area contributed by atoms with Crippen molar-refractivity contribution < 1.29 is 0 Å². The van der Waals surface area contributed by atoms with Gasteiger partial charge < -0.3 is 5.32 Å². The predicted octanol–water partition coefficient (Wildman–Crippen LogP) is 13.4. The molecule has 284 valence electrons. The van der Waals surface area contributed by atoms with Gasteiger partial charge in [-0.05, 0) is 91.5 Å². The smallest absolute Gasteiger partial charge is 0.104 e. The van der Waals surface area contributed by atoms with Gasteiger partial charge >= 0.3 is 0 Å². The van der Waals surface area contributed by atoms with Crippen molar-refractivity contribution >= 4 is 28.4 Å². The van der Waals surface area contributed by atoms with E-state index < -0.39 is 5.41 Å². The second-order valence-corrected chi connectivity index (χ2v) is 17.0. The van der Waals surface area contributed by atoms with Gasteiger partial charge in [0.05, 0.1) is 17.0 Å².